The summed E-state index contributed by atoms with van der Waals surface area (Å²) in [6, 6.07) is 6.19. The molecule has 1 aliphatic rings. The number of nitrogens with zero attached hydrogens (tertiary/aromatic N) is 3. The highest BCUT2D eigenvalue weighted by molar-refractivity contribution is 6.04. The van der Waals surface area contributed by atoms with Gasteiger partial charge >= 0.3 is 0 Å². The van der Waals surface area contributed by atoms with Gasteiger partial charge in [-0.1, -0.05) is 6.07 Å². The first-order valence-corrected chi connectivity index (χ1v) is 9.36. The molecule has 4 rings (SSSR count). The van der Waals surface area contributed by atoms with E-state index >= 15 is 0 Å². The van der Waals surface area contributed by atoms with Crippen molar-refractivity contribution >= 4 is 17.1 Å². The van der Waals surface area contributed by atoms with Crippen molar-refractivity contribution in [3.63, 3.8) is 0 Å². The summed E-state index contributed by atoms with van der Waals surface area (Å²) in [5, 5.41) is 11.7. The Labute approximate surface area is 167 Å². The van der Waals surface area contributed by atoms with Gasteiger partial charge in [0.2, 0.25) is 5.88 Å². The SMILES string of the molecule is CC(C)NC(=O)c1c[nH]c2ncc(Oc3ccc4c(c3)CCC4)nc12.C[N+](=O)[O-]. The Morgan fingerprint density at radius 1 is 1.31 bits per heavy atom. The van der Waals surface area contributed by atoms with Crippen molar-refractivity contribution in [2.24, 2.45) is 0 Å². The second kappa shape index (κ2) is 8.68. The van der Waals surface area contributed by atoms with Crippen LogP contribution in [0, 0.1) is 10.1 Å². The molecular weight excluding hydrogens is 374 g/mol. The Morgan fingerprint density at radius 3 is 2.76 bits per heavy atom. The fourth-order valence-corrected chi connectivity index (χ4v) is 3.17. The zero-order valence-electron chi connectivity index (χ0n) is 16.6. The van der Waals surface area contributed by atoms with Crippen LogP contribution in [0.2, 0.25) is 0 Å². The molecule has 9 heteroatoms. The average Bonchev–Trinajstić information content (AvgIpc) is 3.26. The number of benzene rings is 1. The van der Waals surface area contributed by atoms with Gasteiger partial charge < -0.3 is 15.0 Å². The number of hydrogen-bond donors (Lipinski definition) is 2. The standard InChI is InChI=1S/C19H20N4O2.CH3NO2/c1-11(2)22-19(24)15-9-20-18-17(15)23-16(10-21-18)25-14-7-6-12-4-3-5-13(12)8-14;1-2(3)4/h6-11H,3-5H2,1-2H3,(H,20,21)(H,22,24);1H3. The molecule has 1 aromatic carbocycles. The van der Waals surface area contributed by atoms with Crippen molar-refractivity contribution in [1.29, 1.82) is 0 Å². The van der Waals surface area contributed by atoms with Gasteiger partial charge in [-0.25, -0.2) is 9.97 Å². The number of aromatic nitrogens is 3. The summed E-state index contributed by atoms with van der Waals surface area (Å²) in [6.07, 6.45) is 6.62. The van der Waals surface area contributed by atoms with Crippen LogP contribution in [0.4, 0.5) is 0 Å². The highest BCUT2D eigenvalue weighted by Crippen LogP contribution is 2.28. The summed E-state index contributed by atoms with van der Waals surface area (Å²) in [7, 11) is 0.889. The van der Waals surface area contributed by atoms with Crippen molar-refractivity contribution in [2.75, 3.05) is 7.05 Å². The predicted molar refractivity (Wildman–Crippen MR) is 108 cm³/mol. The van der Waals surface area contributed by atoms with E-state index in [0.29, 0.717) is 22.6 Å². The Balaban J connectivity index is 0.000000552. The Bertz CT molecular complexity index is 1040. The van der Waals surface area contributed by atoms with Crippen molar-refractivity contribution in [2.45, 2.75) is 39.2 Å². The van der Waals surface area contributed by atoms with E-state index in [1.54, 1.807) is 12.4 Å². The fourth-order valence-electron chi connectivity index (χ4n) is 3.17. The number of nitro groups is 1. The smallest absolute Gasteiger partial charge is 0.255 e. The van der Waals surface area contributed by atoms with E-state index < -0.39 is 4.92 Å². The summed E-state index contributed by atoms with van der Waals surface area (Å²) < 4.78 is 5.88. The maximum absolute atomic E-state index is 12.3. The molecule has 0 aliphatic heterocycles. The lowest BCUT2D eigenvalue weighted by Gasteiger charge is -2.08. The number of nitrogens with one attached hydrogen (secondary N) is 2. The Hall–Kier alpha value is -3.49. The minimum Gasteiger partial charge on any atom is -0.437 e. The minimum atomic E-state index is -0.500. The molecule has 0 saturated heterocycles. The molecule has 0 saturated carbocycles. The second-order valence-electron chi connectivity index (χ2n) is 7.06. The van der Waals surface area contributed by atoms with Gasteiger partial charge in [0.25, 0.3) is 5.91 Å². The van der Waals surface area contributed by atoms with Gasteiger partial charge in [-0.2, -0.15) is 0 Å². The summed E-state index contributed by atoms with van der Waals surface area (Å²) in [6.45, 7) is 3.83. The molecule has 1 aliphatic carbocycles. The minimum absolute atomic E-state index is 0.0521. The van der Waals surface area contributed by atoms with E-state index in [4.69, 9.17) is 14.9 Å². The first kappa shape index (κ1) is 20.2. The van der Waals surface area contributed by atoms with Crippen LogP contribution in [0.5, 0.6) is 11.6 Å². The third-order valence-electron chi connectivity index (χ3n) is 4.32. The normalized spacial score (nSPS) is 12.3. The summed E-state index contributed by atoms with van der Waals surface area (Å²) in [5.74, 6) is 0.951. The molecule has 29 heavy (non-hydrogen) atoms. The number of rotatable bonds is 4. The molecule has 0 radical (unpaired) electrons. The van der Waals surface area contributed by atoms with Crippen LogP contribution in [0.1, 0.15) is 41.8 Å². The molecule has 2 N–H and O–H groups in total. The van der Waals surface area contributed by atoms with E-state index in [0.717, 1.165) is 25.6 Å². The van der Waals surface area contributed by atoms with Gasteiger partial charge in [0.1, 0.15) is 11.3 Å². The van der Waals surface area contributed by atoms with Crippen molar-refractivity contribution in [3.05, 3.63) is 57.4 Å². The molecule has 0 bridgehead atoms. The molecule has 152 valence electrons. The fraction of sp³-hybridized carbons (Fsp3) is 0.350. The molecule has 2 heterocycles. The molecule has 0 fully saturated rings. The van der Waals surface area contributed by atoms with Crippen LogP contribution in [-0.2, 0) is 12.8 Å². The number of carbonyl (C=O) groups excluding carboxylic acids is 1. The lowest BCUT2D eigenvalue weighted by molar-refractivity contribution is -0.445. The van der Waals surface area contributed by atoms with Crippen LogP contribution in [-0.4, -0.2) is 38.9 Å². The van der Waals surface area contributed by atoms with Crippen molar-refractivity contribution in [3.8, 4) is 11.6 Å². The number of hydrogen-bond acceptors (Lipinski definition) is 6. The first-order valence-electron chi connectivity index (χ1n) is 9.36. The quantitative estimate of drug-likeness (QED) is 0.514. The molecule has 2 aromatic heterocycles. The highest BCUT2D eigenvalue weighted by atomic mass is 16.6. The zero-order chi connectivity index (χ0) is 21.0. The monoisotopic (exact) mass is 397 g/mol. The van der Waals surface area contributed by atoms with Crippen molar-refractivity contribution in [1.82, 2.24) is 20.3 Å². The lowest BCUT2D eigenvalue weighted by Crippen LogP contribution is -2.29. The second-order valence-corrected chi connectivity index (χ2v) is 7.06. The maximum Gasteiger partial charge on any atom is 0.255 e. The summed E-state index contributed by atoms with van der Waals surface area (Å²) in [5.41, 5.74) is 4.28. The third-order valence-corrected chi connectivity index (χ3v) is 4.32. The molecule has 1 amide bonds. The molecular formula is C20H23N5O4. The number of amides is 1. The van der Waals surface area contributed by atoms with Crippen LogP contribution in [0.3, 0.4) is 0 Å². The Morgan fingerprint density at radius 2 is 2.03 bits per heavy atom. The molecule has 0 unspecified atom stereocenters. The number of fused-ring (bicyclic) bond motifs is 2. The number of H-pyrrole nitrogens is 1. The van der Waals surface area contributed by atoms with E-state index in [1.807, 2.05) is 19.9 Å². The van der Waals surface area contributed by atoms with Gasteiger partial charge in [-0.15, -0.1) is 0 Å². The molecule has 0 spiro atoms. The predicted octanol–water partition coefficient (Wildman–Crippen LogP) is 3.27. The third kappa shape index (κ3) is 5.07. The van der Waals surface area contributed by atoms with Gasteiger partial charge in [-0.05, 0) is 56.4 Å². The van der Waals surface area contributed by atoms with E-state index in [1.165, 1.54) is 17.5 Å². The average molecular weight is 397 g/mol. The molecule has 3 aromatic rings. The van der Waals surface area contributed by atoms with E-state index in [2.05, 4.69) is 32.4 Å². The van der Waals surface area contributed by atoms with Crippen molar-refractivity contribution < 1.29 is 14.5 Å². The first-order chi connectivity index (χ1) is 13.8. The summed E-state index contributed by atoms with van der Waals surface area (Å²) >= 11 is 0. The van der Waals surface area contributed by atoms with Crippen LogP contribution in [0.15, 0.2) is 30.6 Å². The van der Waals surface area contributed by atoms with Crippen LogP contribution < -0.4 is 10.1 Å². The molecule has 9 nitrogen and oxygen atoms in total. The Kier molecular flexibility index (Phi) is 6.06. The maximum atomic E-state index is 12.3. The van der Waals surface area contributed by atoms with E-state index in [9.17, 15) is 4.79 Å². The van der Waals surface area contributed by atoms with Crippen LogP contribution in [0.25, 0.3) is 11.2 Å². The van der Waals surface area contributed by atoms with Gasteiger partial charge in [-0.3, -0.25) is 14.9 Å². The zero-order valence-corrected chi connectivity index (χ0v) is 16.6. The number of aromatic amines is 1. The lowest BCUT2D eigenvalue weighted by atomic mass is 10.1. The van der Waals surface area contributed by atoms with Gasteiger partial charge in [0, 0.05) is 17.2 Å². The largest absolute Gasteiger partial charge is 0.437 e. The van der Waals surface area contributed by atoms with Crippen LogP contribution >= 0.6 is 0 Å². The topological polar surface area (TPSA) is 123 Å². The van der Waals surface area contributed by atoms with E-state index in [-0.39, 0.29) is 11.9 Å². The highest BCUT2D eigenvalue weighted by Gasteiger charge is 2.16. The molecule has 0 atom stereocenters. The number of ether oxygens (including phenoxy) is 1. The number of carbonyl (C=O) groups is 1. The summed E-state index contributed by atoms with van der Waals surface area (Å²) in [4.78, 5) is 32.4. The number of aryl methyl sites for hydroxylation is 2. The van der Waals surface area contributed by atoms with Gasteiger partial charge in [0.15, 0.2) is 12.7 Å². The van der Waals surface area contributed by atoms with Gasteiger partial charge in [0.05, 0.1) is 11.8 Å².